The van der Waals surface area contributed by atoms with Gasteiger partial charge >= 0.3 is 0 Å². The molecule has 0 bridgehead atoms. The third-order valence-corrected chi connectivity index (χ3v) is 2.73. The van der Waals surface area contributed by atoms with Gasteiger partial charge in [-0.1, -0.05) is 6.92 Å². The molecule has 0 spiro atoms. The predicted octanol–water partition coefficient (Wildman–Crippen LogP) is -0.210. The maximum absolute atomic E-state index is 11.2. The second-order valence-corrected chi connectivity index (χ2v) is 4.51. The van der Waals surface area contributed by atoms with Gasteiger partial charge in [-0.2, -0.15) is 0 Å². The number of primary amides is 1. The third kappa shape index (κ3) is 5.32. The molecule has 0 radical (unpaired) electrons. The monoisotopic (exact) mass is 249 g/mol. The molecule has 1 heterocycles. The molecule has 1 unspecified atom stereocenters. The molecule has 1 atom stereocenters. The highest BCUT2D eigenvalue weighted by Gasteiger charge is 2.27. The number of carbonyl (C=O) groups is 2. The summed E-state index contributed by atoms with van der Waals surface area (Å²) in [6.45, 7) is 4.69. The Kier molecular flexibility index (Phi) is 6.36. The quantitative estimate of drug-likeness (QED) is 0.603. The van der Waals surface area contributed by atoms with Crippen LogP contribution in [0.2, 0.25) is 0 Å². The van der Waals surface area contributed by atoms with Gasteiger partial charge in [0.2, 0.25) is 11.8 Å². The van der Waals surface area contributed by atoms with Crippen LogP contribution in [0, 0.1) is 5.41 Å². The predicted molar refractivity (Wildman–Crippen MR) is 64.3 cm³/mol. The number of piperidine rings is 1. The second kappa shape index (κ2) is 6.70. The first kappa shape index (κ1) is 15.2. The van der Waals surface area contributed by atoms with Crippen molar-refractivity contribution in [1.82, 2.24) is 10.6 Å². The van der Waals surface area contributed by atoms with Gasteiger partial charge in [-0.3, -0.25) is 9.59 Å². The molecule has 1 fully saturated rings. The van der Waals surface area contributed by atoms with E-state index in [2.05, 4.69) is 17.6 Å². The molecular weight excluding hydrogens is 230 g/mol. The number of amides is 2. The first-order valence-corrected chi connectivity index (χ1v) is 5.28. The molecule has 0 aromatic rings. The summed E-state index contributed by atoms with van der Waals surface area (Å²) in [4.78, 5) is 21.7. The number of nitrogens with one attached hydrogen (secondary N) is 2. The number of carbonyl (C=O) groups excluding carboxylic acids is 2. The minimum atomic E-state index is -0.584. The van der Waals surface area contributed by atoms with Crippen molar-refractivity contribution < 1.29 is 9.59 Å². The average Bonchev–Trinajstić information content (AvgIpc) is 2.15. The molecule has 6 heteroatoms. The summed E-state index contributed by atoms with van der Waals surface area (Å²) >= 11 is 0. The van der Waals surface area contributed by atoms with Gasteiger partial charge in [0.05, 0.1) is 0 Å². The minimum Gasteiger partial charge on any atom is -0.369 e. The Labute approximate surface area is 102 Å². The van der Waals surface area contributed by atoms with Gasteiger partial charge < -0.3 is 16.4 Å². The molecule has 1 rings (SSSR count). The Morgan fingerprint density at radius 1 is 1.50 bits per heavy atom. The smallest absolute Gasteiger partial charge is 0.229 e. The van der Waals surface area contributed by atoms with Crippen LogP contribution in [-0.2, 0) is 9.59 Å². The number of nitrogens with two attached hydrogens (primary N) is 1. The van der Waals surface area contributed by atoms with Crippen molar-refractivity contribution in [3.8, 4) is 0 Å². The van der Waals surface area contributed by atoms with Crippen LogP contribution in [0.4, 0.5) is 0 Å². The van der Waals surface area contributed by atoms with E-state index >= 15 is 0 Å². The van der Waals surface area contributed by atoms with Crippen LogP contribution in [-0.4, -0.2) is 31.4 Å². The van der Waals surface area contributed by atoms with Crippen molar-refractivity contribution in [3.63, 3.8) is 0 Å². The summed E-state index contributed by atoms with van der Waals surface area (Å²) in [7, 11) is 0. The zero-order chi connectivity index (χ0) is 11.3. The molecule has 1 aliphatic heterocycles. The van der Waals surface area contributed by atoms with Crippen LogP contribution in [0.25, 0.3) is 0 Å². The topological polar surface area (TPSA) is 84.2 Å². The van der Waals surface area contributed by atoms with E-state index in [-0.39, 0.29) is 30.2 Å². The molecule has 0 saturated carbocycles. The van der Waals surface area contributed by atoms with Gasteiger partial charge in [0.1, 0.15) is 6.42 Å². The maximum atomic E-state index is 11.2. The number of halogens is 1. The second-order valence-electron chi connectivity index (χ2n) is 4.51. The summed E-state index contributed by atoms with van der Waals surface area (Å²) in [6, 6.07) is 0. The molecule has 0 aromatic heterocycles. The van der Waals surface area contributed by atoms with E-state index < -0.39 is 5.91 Å². The Hall–Kier alpha value is -0.810. The lowest BCUT2D eigenvalue weighted by Gasteiger charge is -2.34. The van der Waals surface area contributed by atoms with Crippen LogP contribution in [0.1, 0.15) is 26.2 Å². The van der Waals surface area contributed by atoms with Gasteiger partial charge in [0, 0.05) is 13.1 Å². The normalized spacial score (nSPS) is 24.3. The SMILES string of the molecule is CC1(CNC(=O)CC(N)=O)CCCNC1.Cl. The van der Waals surface area contributed by atoms with E-state index in [1.54, 1.807) is 0 Å². The van der Waals surface area contributed by atoms with E-state index in [1.807, 2.05) is 0 Å². The fraction of sp³-hybridized carbons (Fsp3) is 0.800. The molecule has 4 N–H and O–H groups in total. The summed E-state index contributed by atoms with van der Waals surface area (Å²) in [5, 5.41) is 6.04. The highest BCUT2D eigenvalue weighted by atomic mass is 35.5. The zero-order valence-electron chi connectivity index (χ0n) is 9.54. The number of rotatable bonds is 4. The molecule has 0 aromatic carbocycles. The minimum absolute atomic E-state index is 0. The lowest BCUT2D eigenvalue weighted by molar-refractivity contribution is -0.128. The molecule has 0 aliphatic carbocycles. The summed E-state index contributed by atoms with van der Waals surface area (Å²) < 4.78 is 0. The van der Waals surface area contributed by atoms with Crippen molar-refractivity contribution in [3.05, 3.63) is 0 Å². The molecule has 5 nitrogen and oxygen atoms in total. The van der Waals surface area contributed by atoms with Crippen molar-refractivity contribution in [2.75, 3.05) is 19.6 Å². The van der Waals surface area contributed by atoms with E-state index in [4.69, 9.17) is 5.73 Å². The first-order valence-electron chi connectivity index (χ1n) is 5.28. The van der Waals surface area contributed by atoms with Crippen molar-refractivity contribution >= 4 is 24.2 Å². The summed E-state index contributed by atoms with van der Waals surface area (Å²) in [5.74, 6) is -0.867. The van der Waals surface area contributed by atoms with Gasteiger partial charge in [-0.25, -0.2) is 0 Å². The third-order valence-electron chi connectivity index (χ3n) is 2.73. The highest BCUT2D eigenvalue weighted by Crippen LogP contribution is 2.23. The van der Waals surface area contributed by atoms with Crippen molar-refractivity contribution in [1.29, 1.82) is 0 Å². The molecule has 94 valence electrons. The molecular formula is C10H20ClN3O2. The Morgan fingerprint density at radius 3 is 2.69 bits per heavy atom. The fourth-order valence-electron chi connectivity index (χ4n) is 1.80. The van der Waals surface area contributed by atoms with Gasteiger partial charge in [-0.15, -0.1) is 12.4 Å². The Morgan fingerprint density at radius 2 is 2.19 bits per heavy atom. The van der Waals surface area contributed by atoms with Crippen LogP contribution in [0.3, 0.4) is 0 Å². The van der Waals surface area contributed by atoms with Crippen molar-refractivity contribution in [2.45, 2.75) is 26.2 Å². The first-order chi connectivity index (χ1) is 7.02. The van der Waals surface area contributed by atoms with Crippen LogP contribution >= 0.6 is 12.4 Å². The van der Waals surface area contributed by atoms with E-state index in [0.717, 1.165) is 25.9 Å². The van der Waals surface area contributed by atoms with Gasteiger partial charge in [-0.05, 0) is 24.8 Å². The molecule has 16 heavy (non-hydrogen) atoms. The standard InChI is InChI=1S/C10H19N3O2.ClH/c1-10(3-2-4-12-6-10)7-13-9(15)5-8(11)14;/h12H,2-7H2,1H3,(H2,11,14)(H,13,15);1H. The summed E-state index contributed by atoms with van der Waals surface area (Å²) in [5.41, 5.74) is 5.03. The average molecular weight is 250 g/mol. The maximum Gasteiger partial charge on any atom is 0.229 e. The molecule has 2 amide bonds. The molecule has 1 aliphatic rings. The van der Waals surface area contributed by atoms with E-state index in [9.17, 15) is 9.59 Å². The Balaban J connectivity index is 0.00000225. The molecule has 1 saturated heterocycles. The van der Waals surface area contributed by atoms with E-state index in [0.29, 0.717) is 6.54 Å². The zero-order valence-corrected chi connectivity index (χ0v) is 10.4. The highest BCUT2D eigenvalue weighted by molar-refractivity contribution is 5.96. The van der Waals surface area contributed by atoms with Gasteiger partial charge in [0.15, 0.2) is 0 Å². The van der Waals surface area contributed by atoms with Crippen molar-refractivity contribution in [2.24, 2.45) is 11.1 Å². The fourth-order valence-corrected chi connectivity index (χ4v) is 1.80. The van der Waals surface area contributed by atoms with E-state index in [1.165, 1.54) is 0 Å². The Bertz CT molecular complexity index is 252. The number of hydrogen-bond acceptors (Lipinski definition) is 3. The summed E-state index contributed by atoms with van der Waals surface area (Å²) in [6.07, 6.45) is 2.00. The van der Waals surface area contributed by atoms with Crippen LogP contribution < -0.4 is 16.4 Å². The van der Waals surface area contributed by atoms with Gasteiger partial charge in [0.25, 0.3) is 0 Å². The van der Waals surface area contributed by atoms with Crippen LogP contribution in [0.5, 0.6) is 0 Å². The largest absolute Gasteiger partial charge is 0.369 e. The lowest BCUT2D eigenvalue weighted by Crippen LogP contribution is -2.46. The lowest BCUT2D eigenvalue weighted by atomic mass is 9.83. The van der Waals surface area contributed by atoms with Crippen LogP contribution in [0.15, 0.2) is 0 Å². The number of hydrogen-bond donors (Lipinski definition) is 3.